The van der Waals surface area contributed by atoms with Crippen LogP contribution >= 0.6 is 0 Å². The van der Waals surface area contributed by atoms with Gasteiger partial charge in [-0.2, -0.15) is 0 Å². The zero-order valence-corrected chi connectivity index (χ0v) is 10.3. The summed E-state index contributed by atoms with van der Waals surface area (Å²) in [6.45, 7) is 2.40. The molecule has 2 rings (SSSR count). The number of ether oxygens (including phenoxy) is 2. The molecule has 0 spiro atoms. The maximum absolute atomic E-state index is 11.9. The van der Waals surface area contributed by atoms with Gasteiger partial charge in [-0.25, -0.2) is 0 Å². The molecule has 2 aliphatic rings. The summed E-state index contributed by atoms with van der Waals surface area (Å²) >= 11 is 0. The fourth-order valence-corrected chi connectivity index (χ4v) is 3.68. The van der Waals surface area contributed by atoms with Gasteiger partial charge in [0.05, 0.1) is 18.5 Å². The van der Waals surface area contributed by atoms with Gasteiger partial charge in [0.2, 0.25) is 0 Å². The molecule has 0 amide bonds. The van der Waals surface area contributed by atoms with Crippen LogP contribution in [0.2, 0.25) is 0 Å². The van der Waals surface area contributed by atoms with Gasteiger partial charge in [-0.15, -0.1) is 10.1 Å². The zero-order valence-electron chi connectivity index (χ0n) is 9.44. The molecule has 2 heterocycles. The number of rotatable bonds is 5. The normalized spacial score (nSPS) is 37.7. The Kier molecular flexibility index (Phi) is 3.95. The number of nitrogens with zero attached hydrogens (tertiary/aromatic N) is 1. The molecule has 0 unspecified atom stereocenters. The minimum atomic E-state index is -1.01. The average Bonchev–Trinajstić information content (AvgIpc) is 2.80. The van der Waals surface area contributed by atoms with Crippen LogP contribution in [-0.2, 0) is 25.1 Å². The van der Waals surface area contributed by atoms with E-state index in [1.54, 1.807) is 0 Å². The largest absolute Gasteiger partial charge is 0.372 e. The van der Waals surface area contributed by atoms with Crippen LogP contribution in [-0.4, -0.2) is 51.8 Å². The molecule has 17 heavy (non-hydrogen) atoms. The standard InChI is InChI=1S/C9H15NO6S/c1-2-3-17(13)7-5-15-8-6(16-10(11)12)4-14-9(7)8/h6-9H,2-5H2,1H3/t6-,7-,8-,9-,17+/m1/s1. The number of fused-ring (bicyclic) bond motifs is 1. The van der Waals surface area contributed by atoms with Gasteiger partial charge in [0, 0.05) is 16.6 Å². The monoisotopic (exact) mass is 265 g/mol. The van der Waals surface area contributed by atoms with Crippen molar-refractivity contribution in [3.8, 4) is 0 Å². The average molecular weight is 265 g/mol. The lowest BCUT2D eigenvalue weighted by atomic mass is 10.1. The second-order valence-corrected chi connectivity index (χ2v) is 5.86. The van der Waals surface area contributed by atoms with E-state index in [0.717, 1.165) is 6.42 Å². The van der Waals surface area contributed by atoms with Crippen LogP contribution in [0.15, 0.2) is 0 Å². The quantitative estimate of drug-likeness (QED) is 0.509. The van der Waals surface area contributed by atoms with E-state index in [4.69, 9.17) is 9.47 Å². The highest BCUT2D eigenvalue weighted by Gasteiger charge is 2.51. The Morgan fingerprint density at radius 1 is 1.41 bits per heavy atom. The third kappa shape index (κ3) is 2.58. The molecule has 0 saturated carbocycles. The van der Waals surface area contributed by atoms with Gasteiger partial charge in [0.1, 0.15) is 12.2 Å². The van der Waals surface area contributed by atoms with Crippen molar-refractivity contribution in [3.63, 3.8) is 0 Å². The molecule has 2 saturated heterocycles. The molecule has 8 heteroatoms. The van der Waals surface area contributed by atoms with E-state index in [2.05, 4.69) is 4.84 Å². The molecule has 5 atom stereocenters. The predicted molar refractivity (Wildman–Crippen MR) is 58.4 cm³/mol. The van der Waals surface area contributed by atoms with E-state index >= 15 is 0 Å². The molecular weight excluding hydrogens is 250 g/mol. The van der Waals surface area contributed by atoms with Crippen LogP contribution in [0, 0.1) is 10.1 Å². The molecule has 7 nitrogen and oxygen atoms in total. The van der Waals surface area contributed by atoms with Crippen LogP contribution in [0.5, 0.6) is 0 Å². The van der Waals surface area contributed by atoms with E-state index in [0.29, 0.717) is 12.4 Å². The van der Waals surface area contributed by atoms with Crippen molar-refractivity contribution >= 4 is 10.8 Å². The lowest BCUT2D eigenvalue weighted by molar-refractivity contribution is -0.769. The minimum absolute atomic E-state index is 0.121. The van der Waals surface area contributed by atoms with Crippen molar-refractivity contribution in [3.05, 3.63) is 10.1 Å². The lowest BCUT2D eigenvalue weighted by Crippen LogP contribution is -2.36. The first-order valence-electron chi connectivity index (χ1n) is 5.55. The third-order valence-electron chi connectivity index (χ3n) is 2.93. The van der Waals surface area contributed by atoms with Crippen molar-refractivity contribution in [2.75, 3.05) is 19.0 Å². The smallest absolute Gasteiger partial charge is 0.294 e. The van der Waals surface area contributed by atoms with Gasteiger partial charge in [0.25, 0.3) is 5.09 Å². The Morgan fingerprint density at radius 2 is 2.12 bits per heavy atom. The fourth-order valence-electron chi connectivity index (χ4n) is 2.21. The maximum Gasteiger partial charge on any atom is 0.294 e. The molecule has 2 fully saturated rings. The van der Waals surface area contributed by atoms with Crippen molar-refractivity contribution in [1.29, 1.82) is 0 Å². The first-order chi connectivity index (χ1) is 8.13. The summed E-state index contributed by atoms with van der Waals surface area (Å²) in [6, 6.07) is 0. The highest BCUT2D eigenvalue weighted by atomic mass is 32.2. The van der Waals surface area contributed by atoms with E-state index in [-0.39, 0.29) is 18.0 Å². The Morgan fingerprint density at radius 3 is 2.76 bits per heavy atom. The Bertz CT molecular complexity index is 325. The van der Waals surface area contributed by atoms with Gasteiger partial charge in [-0.3, -0.25) is 4.21 Å². The molecule has 0 bridgehead atoms. The van der Waals surface area contributed by atoms with E-state index in [1.165, 1.54) is 0 Å². The van der Waals surface area contributed by atoms with Crippen LogP contribution in [0.25, 0.3) is 0 Å². The molecule has 0 N–H and O–H groups in total. The van der Waals surface area contributed by atoms with E-state index in [1.807, 2.05) is 6.92 Å². The van der Waals surface area contributed by atoms with Crippen LogP contribution < -0.4 is 0 Å². The van der Waals surface area contributed by atoms with Crippen molar-refractivity contribution in [2.45, 2.75) is 36.9 Å². The summed E-state index contributed by atoms with van der Waals surface area (Å²) in [5.41, 5.74) is 0. The van der Waals surface area contributed by atoms with Gasteiger partial charge in [-0.05, 0) is 6.42 Å². The summed E-state index contributed by atoms with van der Waals surface area (Å²) in [6.07, 6.45) is -0.674. The first kappa shape index (κ1) is 12.7. The van der Waals surface area contributed by atoms with E-state index in [9.17, 15) is 14.3 Å². The Labute approximate surface area is 101 Å². The Balaban J connectivity index is 1.97. The highest BCUT2D eigenvalue weighted by Crippen LogP contribution is 2.31. The van der Waals surface area contributed by atoms with Crippen LogP contribution in [0.1, 0.15) is 13.3 Å². The van der Waals surface area contributed by atoms with Crippen molar-refractivity contribution in [1.82, 2.24) is 0 Å². The second kappa shape index (κ2) is 5.28. The number of hydrogen-bond donors (Lipinski definition) is 0. The highest BCUT2D eigenvalue weighted by molar-refractivity contribution is 7.85. The summed E-state index contributed by atoms with van der Waals surface area (Å²) in [5, 5.41) is 9.24. The molecular formula is C9H15NO6S. The zero-order chi connectivity index (χ0) is 12.4. The lowest BCUT2D eigenvalue weighted by Gasteiger charge is -2.15. The second-order valence-electron chi connectivity index (χ2n) is 4.09. The van der Waals surface area contributed by atoms with Gasteiger partial charge in [-0.1, -0.05) is 6.92 Å². The van der Waals surface area contributed by atoms with E-state index < -0.39 is 28.1 Å². The molecule has 2 aliphatic heterocycles. The van der Waals surface area contributed by atoms with Crippen LogP contribution in [0.3, 0.4) is 0 Å². The Hall–Kier alpha value is -0.730. The molecule has 0 aliphatic carbocycles. The van der Waals surface area contributed by atoms with Gasteiger partial charge >= 0.3 is 0 Å². The molecule has 0 aromatic heterocycles. The predicted octanol–water partition coefficient (Wildman–Crippen LogP) is -0.112. The molecule has 0 aromatic carbocycles. The minimum Gasteiger partial charge on any atom is -0.372 e. The van der Waals surface area contributed by atoms with Crippen LogP contribution in [0.4, 0.5) is 0 Å². The SMILES string of the molecule is CCC[S@](=O)[C@@H]1CO[C@H]2[C@@H]1OC[C@H]2O[N+](=O)[O-]. The number of hydrogen-bond acceptors (Lipinski definition) is 6. The van der Waals surface area contributed by atoms with Gasteiger partial charge in [0.15, 0.2) is 6.10 Å². The topological polar surface area (TPSA) is 87.9 Å². The summed E-state index contributed by atoms with van der Waals surface area (Å²) < 4.78 is 22.7. The van der Waals surface area contributed by atoms with Crippen molar-refractivity contribution < 1.29 is 23.6 Å². The third-order valence-corrected chi connectivity index (χ3v) is 4.82. The summed E-state index contributed by atoms with van der Waals surface area (Å²) in [5.74, 6) is 0.599. The summed E-state index contributed by atoms with van der Waals surface area (Å²) in [4.78, 5) is 14.8. The fraction of sp³-hybridized carbons (Fsp3) is 1.00. The molecule has 98 valence electrons. The molecule has 0 aromatic rings. The summed E-state index contributed by atoms with van der Waals surface area (Å²) in [7, 11) is -1.01. The van der Waals surface area contributed by atoms with Crippen molar-refractivity contribution in [2.24, 2.45) is 0 Å². The molecule has 0 radical (unpaired) electrons. The first-order valence-corrected chi connectivity index (χ1v) is 6.93. The van der Waals surface area contributed by atoms with Gasteiger partial charge < -0.3 is 14.3 Å². The maximum atomic E-state index is 11.9.